The minimum absolute atomic E-state index is 0.153. The van der Waals surface area contributed by atoms with E-state index in [0.29, 0.717) is 0 Å². The summed E-state index contributed by atoms with van der Waals surface area (Å²) >= 11 is 0. The maximum absolute atomic E-state index is 11.6. The maximum Gasteiger partial charge on any atom is 0.313 e. The molecular weight excluding hydrogens is 238 g/mol. The van der Waals surface area contributed by atoms with Crippen LogP contribution in [-0.4, -0.2) is 28.4 Å². The van der Waals surface area contributed by atoms with E-state index in [2.05, 4.69) is 4.74 Å². The molecule has 1 atom stereocenters. The summed E-state index contributed by atoms with van der Waals surface area (Å²) in [6, 6.07) is 1.65. The molecule has 0 aliphatic heterocycles. The number of esters is 1. The Bertz CT molecular complexity index is 470. The summed E-state index contributed by atoms with van der Waals surface area (Å²) in [7, 11) is 1.24. The highest BCUT2D eigenvalue weighted by atomic mass is 16.5. The van der Waals surface area contributed by atoms with E-state index in [4.69, 9.17) is 5.73 Å². The number of phenolic OH excluding ortho intramolecular Hbond substituents is 3. The molecule has 1 aromatic rings. The van der Waals surface area contributed by atoms with Gasteiger partial charge in [-0.05, 0) is 26.0 Å². The Balaban J connectivity index is 3.23. The topological polar surface area (TPSA) is 113 Å². The van der Waals surface area contributed by atoms with Crippen molar-refractivity contribution in [1.82, 2.24) is 0 Å². The van der Waals surface area contributed by atoms with Crippen LogP contribution in [0.15, 0.2) is 12.1 Å². The molecule has 1 aromatic carbocycles. The normalized spacial score (nSPS) is 13.1. The molecule has 0 aliphatic carbocycles. The second kappa shape index (κ2) is 4.73. The Kier molecular flexibility index (Phi) is 3.71. The van der Waals surface area contributed by atoms with Crippen molar-refractivity contribution in [3.8, 4) is 17.2 Å². The number of hydrogen-bond acceptors (Lipinski definition) is 6. The zero-order valence-electron chi connectivity index (χ0n) is 10.5. The van der Waals surface area contributed by atoms with Crippen molar-refractivity contribution < 1.29 is 24.9 Å². The summed E-state index contributed by atoms with van der Waals surface area (Å²) in [4.78, 5) is 11.6. The molecular formula is C12H17NO5. The smallest absolute Gasteiger partial charge is 0.313 e. The fourth-order valence-corrected chi connectivity index (χ4v) is 1.61. The second-order valence-electron chi connectivity index (χ2n) is 4.56. The van der Waals surface area contributed by atoms with Gasteiger partial charge in [-0.2, -0.15) is 0 Å². The molecule has 0 saturated carbocycles. The van der Waals surface area contributed by atoms with Crippen LogP contribution >= 0.6 is 0 Å². The summed E-state index contributed by atoms with van der Waals surface area (Å²) in [5, 5.41) is 28.4. The van der Waals surface area contributed by atoms with Gasteiger partial charge >= 0.3 is 5.97 Å². The number of aromatic hydroxyl groups is 3. The first-order valence-corrected chi connectivity index (χ1v) is 5.31. The first-order valence-electron chi connectivity index (χ1n) is 5.31. The van der Waals surface area contributed by atoms with Gasteiger partial charge in [-0.1, -0.05) is 0 Å². The van der Waals surface area contributed by atoms with Gasteiger partial charge in [-0.15, -0.1) is 0 Å². The van der Waals surface area contributed by atoms with Gasteiger partial charge in [0.2, 0.25) is 5.75 Å². The van der Waals surface area contributed by atoms with Crippen LogP contribution < -0.4 is 5.73 Å². The van der Waals surface area contributed by atoms with Gasteiger partial charge in [0.15, 0.2) is 11.5 Å². The van der Waals surface area contributed by atoms with Crippen molar-refractivity contribution in [2.45, 2.75) is 19.9 Å². The standard InChI is InChI=1S/C12H17NO5/c1-12(2,11(17)18-3)10(13)6-4-5-7(14)9(16)8(6)15/h4-5,10,14-16H,13H2,1-3H3/t10-/m1/s1. The monoisotopic (exact) mass is 255 g/mol. The SMILES string of the molecule is COC(=O)C(C)(C)[C@H](N)c1ccc(O)c(O)c1O. The Labute approximate surface area is 105 Å². The van der Waals surface area contributed by atoms with Crippen LogP contribution in [0.25, 0.3) is 0 Å². The minimum atomic E-state index is -1.09. The van der Waals surface area contributed by atoms with Gasteiger partial charge in [0, 0.05) is 11.6 Å². The van der Waals surface area contributed by atoms with Crippen molar-refractivity contribution in [2.75, 3.05) is 7.11 Å². The molecule has 0 amide bonds. The Hall–Kier alpha value is -1.95. The number of rotatable bonds is 3. The Morgan fingerprint density at radius 2 is 1.83 bits per heavy atom. The van der Waals surface area contributed by atoms with Gasteiger partial charge in [-0.25, -0.2) is 0 Å². The van der Waals surface area contributed by atoms with Crippen molar-refractivity contribution >= 4 is 5.97 Å². The van der Waals surface area contributed by atoms with E-state index in [0.717, 1.165) is 0 Å². The lowest BCUT2D eigenvalue weighted by atomic mass is 9.80. The lowest BCUT2D eigenvalue weighted by Crippen LogP contribution is -2.37. The first-order chi connectivity index (χ1) is 8.23. The molecule has 0 bridgehead atoms. The predicted molar refractivity (Wildman–Crippen MR) is 64.2 cm³/mol. The van der Waals surface area contributed by atoms with Crippen molar-refractivity contribution in [2.24, 2.45) is 11.1 Å². The predicted octanol–water partition coefficient (Wildman–Crippen LogP) is 1.00. The van der Waals surface area contributed by atoms with Gasteiger partial charge in [0.25, 0.3) is 0 Å². The van der Waals surface area contributed by atoms with Gasteiger partial charge in [0.05, 0.1) is 12.5 Å². The molecule has 0 aliphatic rings. The van der Waals surface area contributed by atoms with Gasteiger partial charge < -0.3 is 25.8 Å². The van der Waals surface area contributed by atoms with Gasteiger partial charge in [-0.3, -0.25) is 4.79 Å². The molecule has 0 radical (unpaired) electrons. The van der Waals surface area contributed by atoms with Crippen LogP contribution in [-0.2, 0) is 9.53 Å². The maximum atomic E-state index is 11.6. The van der Waals surface area contributed by atoms with Crippen LogP contribution in [0.4, 0.5) is 0 Å². The van der Waals surface area contributed by atoms with E-state index >= 15 is 0 Å². The van der Waals surface area contributed by atoms with Crippen LogP contribution in [0.2, 0.25) is 0 Å². The van der Waals surface area contributed by atoms with E-state index in [1.165, 1.54) is 19.2 Å². The lowest BCUT2D eigenvalue weighted by molar-refractivity contribution is -0.152. The second-order valence-corrected chi connectivity index (χ2v) is 4.56. The molecule has 100 valence electrons. The average Bonchev–Trinajstić information content (AvgIpc) is 2.34. The third kappa shape index (κ3) is 2.19. The minimum Gasteiger partial charge on any atom is -0.504 e. The number of hydrogen-bond donors (Lipinski definition) is 4. The molecule has 0 unspecified atom stereocenters. The number of ether oxygens (including phenoxy) is 1. The molecule has 18 heavy (non-hydrogen) atoms. The van der Waals surface area contributed by atoms with Crippen LogP contribution in [0.5, 0.6) is 17.2 Å². The van der Waals surface area contributed by atoms with E-state index in [1.807, 2.05) is 0 Å². The third-order valence-corrected chi connectivity index (χ3v) is 2.99. The zero-order chi connectivity index (χ0) is 14.1. The molecule has 0 fully saturated rings. The van der Waals surface area contributed by atoms with E-state index in [9.17, 15) is 20.1 Å². The number of carbonyl (C=O) groups is 1. The summed E-state index contributed by atoms with van der Waals surface area (Å²) in [5.74, 6) is -2.20. The molecule has 0 spiro atoms. The van der Waals surface area contributed by atoms with E-state index in [1.54, 1.807) is 13.8 Å². The average molecular weight is 255 g/mol. The quantitative estimate of drug-likeness (QED) is 0.473. The lowest BCUT2D eigenvalue weighted by Gasteiger charge is -2.29. The summed E-state index contributed by atoms with van der Waals surface area (Å²) < 4.78 is 4.64. The Morgan fingerprint density at radius 1 is 1.28 bits per heavy atom. The molecule has 5 N–H and O–H groups in total. The number of methoxy groups -OCH3 is 1. The highest BCUT2D eigenvalue weighted by molar-refractivity contribution is 5.77. The summed E-state index contributed by atoms with van der Waals surface area (Å²) in [5.41, 5.74) is 4.98. The van der Waals surface area contributed by atoms with Crippen LogP contribution in [0.1, 0.15) is 25.5 Å². The van der Waals surface area contributed by atoms with Crippen molar-refractivity contribution in [3.63, 3.8) is 0 Å². The Morgan fingerprint density at radius 3 is 2.33 bits per heavy atom. The molecule has 0 heterocycles. The highest BCUT2D eigenvalue weighted by Crippen LogP contribution is 2.43. The number of carbonyl (C=O) groups excluding carboxylic acids is 1. The number of benzene rings is 1. The summed E-state index contributed by atoms with van der Waals surface area (Å²) in [6.07, 6.45) is 0. The molecule has 0 aromatic heterocycles. The van der Waals surface area contributed by atoms with Crippen molar-refractivity contribution in [1.29, 1.82) is 0 Å². The largest absolute Gasteiger partial charge is 0.504 e. The number of nitrogens with two attached hydrogens (primary N) is 1. The third-order valence-electron chi connectivity index (χ3n) is 2.99. The van der Waals surface area contributed by atoms with Crippen molar-refractivity contribution in [3.05, 3.63) is 17.7 Å². The summed E-state index contributed by atoms with van der Waals surface area (Å²) in [6.45, 7) is 3.12. The molecule has 1 rings (SSSR count). The van der Waals surface area contributed by atoms with Crippen LogP contribution in [0.3, 0.4) is 0 Å². The highest BCUT2D eigenvalue weighted by Gasteiger charge is 2.38. The van der Waals surface area contributed by atoms with E-state index in [-0.39, 0.29) is 5.56 Å². The number of phenols is 3. The molecule has 0 saturated heterocycles. The first kappa shape index (κ1) is 14.1. The fraction of sp³-hybridized carbons (Fsp3) is 0.417. The van der Waals surface area contributed by atoms with Gasteiger partial charge in [0.1, 0.15) is 0 Å². The van der Waals surface area contributed by atoms with E-state index < -0.39 is 34.7 Å². The van der Waals surface area contributed by atoms with Crippen LogP contribution in [0, 0.1) is 5.41 Å². The molecule has 6 nitrogen and oxygen atoms in total. The zero-order valence-corrected chi connectivity index (χ0v) is 10.5. The fourth-order valence-electron chi connectivity index (χ4n) is 1.61. The molecule has 6 heteroatoms.